The van der Waals surface area contributed by atoms with Crippen LogP contribution >= 0.6 is 31.8 Å². The molecule has 0 fully saturated rings. The van der Waals surface area contributed by atoms with Gasteiger partial charge in [-0.2, -0.15) is 0 Å². The van der Waals surface area contributed by atoms with E-state index in [9.17, 15) is 21.6 Å². The first-order valence-corrected chi connectivity index (χ1v) is 10.5. The first kappa shape index (κ1) is 17.5. The molecule has 2 aromatic carbocycles. The van der Waals surface area contributed by atoms with Gasteiger partial charge in [-0.15, -0.1) is 0 Å². The van der Waals surface area contributed by atoms with E-state index in [1.165, 1.54) is 24.3 Å². The summed E-state index contributed by atoms with van der Waals surface area (Å²) >= 11 is 2.47. The van der Waals surface area contributed by atoms with Crippen molar-refractivity contribution in [2.75, 3.05) is 0 Å². The van der Waals surface area contributed by atoms with Crippen LogP contribution in [0.5, 0.6) is 0 Å². The van der Waals surface area contributed by atoms with E-state index in [4.69, 9.17) is 11.6 Å². The summed E-state index contributed by atoms with van der Waals surface area (Å²) in [6, 6.07) is 13.9. The monoisotopic (exact) mass is 464 g/mol. The van der Waals surface area contributed by atoms with Crippen LogP contribution in [0.15, 0.2) is 54.6 Å². The van der Waals surface area contributed by atoms with Gasteiger partial charge in [0.25, 0.3) is 0 Å². The van der Waals surface area contributed by atoms with Crippen molar-refractivity contribution in [1.29, 1.82) is 0 Å². The number of benzene rings is 2. The molecule has 3 nitrogen and oxygen atoms in total. The minimum absolute atomic E-state index is 0.395. The van der Waals surface area contributed by atoms with Crippen LogP contribution in [0.1, 0.15) is 0 Å². The van der Waals surface area contributed by atoms with Crippen molar-refractivity contribution in [3.63, 3.8) is 0 Å². The van der Waals surface area contributed by atoms with Gasteiger partial charge >= 0.3 is 138 Å². The van der Waals surface area contributed by atoms with Crippen LogP contribution in [-0.2, 0) is 12.6 Å². The van der Waals surface area contributed by atoms with Gasteiger partial charge in [-0.05, 0) is 0 Å². The quantitative estimate of drug-likeness (QED) is 0.488. The van der Waals surface area contributed by atoms with Crippen LogP contribution in [0.2, 0.25) is 5.02 Å². The first-order valence-electron chi connectivity index (χ1n) is 5.72. The van der Waals surface area contributed by atoms with Crippen molar-refractivity contribution in [2.45, 2.75) is 5.51 Å². The van der Waals surface area contributed by atoms with Crippen LogP contribution in [0.3, 0.4) is 0 Å². The van der Waals surface area contributed by atoms with Gasteiger partial charge in [-0.3, -0.25) is 0 Å². The van der Waals surface area contributed by atoms with Gasteiger partial charge in [0.1, 0.15) is 0 Å². The van der Waals surface area contributed by atoms with Crippen molar-refractivity contribution < 1.29 is 24.1 Å². The minimum atomic E-state index is -5.67. The average Bonchev–Trinajstić information content (AvgIpc) is 2.46. The Kier molecular flexibility index (Phi) is 5.36. The number of alkyl halides is 3. The molecule has 0 saturated carbocycles. The third-order valence-electron chi connectivity index (χ3n) is 2.36. The van der Waals surface area contributed by atoms with Crippen LogP contribution in [0, 0.1) is 7.14 Å². The Balaban J connectivity index is 2.46. The molecule has 22 heavy (non-hydrogen) atoms. The molecule has 0 aromatic heterocycles. The summed E-state index contributed by atoms with van der Waals surface area (Å²) < 4.78 is 65.8. The van der Waals surface area contributed by atoms with E-state index in [2.05, 4.69) is 2.51 Å². The van der Waals surface area contributed by atoms with Crippen molar-refractivity contribution in [1.82, 2.24) is 0 Å². The van der Waals surface area contributed by atoms with Crippen LogP contribution in [0.4, 0.5) is 13.2 Å². The summed E-state index contributed by atoms with van der Waals surface area (Å²) in [6.07, 6.45) is 0. The van der Waals surface area contributed by atoms with Crippen molar-refractivity contribution in [3.05, 3.63) is 66.8 Å². The van der Waals surface area contributed by atoms with Gasteiger partial charge in [0, 0.05) is 0 Å². The van der Waals surface area contributed by atoms with Crippen molar-refractivity contribution >= 4 is 42.0 Å². The van der Waals surface area contributed by atoms with Crippen LogP contribution in [-0.4, -0.2) is 13.9 Å². The van der Waals surface area contributed by atoms with Gasteiger partial charge in [-0.25, -0.2) is 0 Å². The van der Waals surface area contributed by atoms with E-state index in [1.807, 2.05) is 0 Å². The zero-order valence-electron chi connectivity index (χ0n) is 10.7. The zero-order chi connectivity index (χ0) is 16.4. The maximum atomic E-state index is 12.6. The fourth-order valence-corrected chi connectivity index (χ4v) is 7.98. The Morgan fingerprint density at radius 1 is 0.909 bits per heavy atom. The first-order chi connectivity index (χ1) is 10.2. The van der Waals surface area contributed by atoms with E-state index < -0.39 is 35.9 Å². The Labute approximate surface area is 138 Å². The third kappa shape index (κ3) is 4.12. The molecule has 9 heteroatoms. The fourth-order valence-electron chi connectivity index (χ4n) is 1.39. The third-order valence-corrected chi connectivity index (χ3v) is 9.67. The number of hydrogen-bond donors (Lipinski definition) is 0. The van der Waals surface area contributed by atoms with E-state index in [1.54, 1.807) is 30.3 Å². The molecule has 0 heterocycles. The summed E-state index contributed by atoms with van der Waals surface area (Å²) in [4.78, 5) is 0. The van der Waals surface area contributed by atoms with Crippen LogP contribution in [0.25, 0.3) is 0 Å². The van der Waals surface area contributed by atoms with Crippen LogP contribution < -0.4 is 0 Å². The molecule has 120 valence electrons. The predicted molar refractivity (Wildman–Crippen MR) is 85.4 cm³/mol. The molecule has 2 aromatic rings. The number of rotatable bonds is 4. The van der Waals surface area contributed by atoms with Gasteiger partial charge in [0.05, 0.1) is 0 Å². The molecule has 0 amide bonds. The Morgan fingerprint density at radius 2 is 1.41 bits per heavy atom. The number of hydrogen-bond acceptors (Lipinski definition) is 3. The second kappa shape index (κ2) is 6.73. The summed E-state index contributed by atoms with van der Waals surface area (Å²) in [6.45, 7) is 0. The summed E-state index contributed by atoms with van der Waals surface area (Å²) in [5.74, 6) is 0. The molecular weight excluding hydrogens is 456 g/mol. The van der Waals surface area contributed by atoms with Crippen molar-refractivity contribution in [3.8, 4) is 0 Å². The van der Waals surface area contributed by atoms with Gasteiger partial charge in [0.15, 0.2) is 0 Å². The van der Waals surface area contributed by atoms with Gasteiger partial charge < -0.3 is 0 Å². The normalized spacial score (nSPS) is 13.0. The molecule has 0 unspecified atom stereocenters. The standard InChI is InChI=1S/C13H9ClF3IO3S/c14-10-6-8-12(9-7-10)18(11-4-2-1-3-5-11)21-22(19,20)13(15,16)17/h1-9H. The summed E-state index contributed by atoms with van der Waals surface area (Å²) in [5.41, 5.74) is -5.45. The molecule has 0 radical (unpaired) electrons. The van der Waals surface area contributed by atoms with E-state index in [0.29, 0.717) is 12.2 Å². The molecule has 0 atom stereocenters. The molecule has 0 bridgehead atoms. The topological polar surface area (TPSA) is 43.4 Å². The SMILES string of the molecule is O=S(=O)(OI(c1ccccc1)c1ccc(Cl)cc1)C(F)(F)F. The fraction of sp³-hybridized carbons (Fsp3) is 0.0769. The van der Waals surface area contributed by atoms with Gasteiger partial charge in [0.2, 0.25) is 0 Å². The zero-order valence-corrected chi connectivity index (χ0v) is 14.4. The Morgan fingerprint density at radius 3 is 1.91 bits per heavy atom. The second-order valence-corrected chi connectivity index (χ2v) is 10.9. The molecule has 0 saturated heterocycles. The summed E-state index contributed by atoms with van der Waals surface area (Å²) in [5, 5.41) is 0.395. The molecule has 0 aliphatic rings. The second-order valence-electron chi connectivity index (χ2n) is 3.94. The molecule has 0 N–H and O–H groups in total. The number of halogens is 5. The molecule has 0 aliphatic carbocycles. The maximum absolute atomic E-state index is 12.6. The van der Waals surface area contributed by atoms with E-state index >= 15 is 0 Å². The Hall–Kier alpha value is -0.840. The molecule has 2 rings (SSSR count). The van der Waals surface area contributed by atoms with Crippen molar-refractivity contribution in [2.24, 2.45) is 0 Å². The molecule has 0 spiro atoms. The molecule has 0 aliphatic heterocycles. The van der Waals surface area contributed by atoms with E-state index in [-0.39, 0.29) is 0 Å². The predicted octanol–water partition coefficient (Wildman–Crippen LogP) is 4.67. The Bertz CT molecular complexity index is 733. The molecular formula is C13H9ClF3IO3S. The summed E-state index contributed by atoms with van der Waals surface area (Å²) in [7, 11) is -5.67. The van der Waals surface area contributed by atoms with E-state index in [0.717, 1.165) is 0 Å². The average molecular weight is 465 g/mol. The van der Waals surface area contributed by atoms with Gasteiger partial charge in [-0.1, -0.05) is 0 Å².